The third-order valence-electron chi connectivity index (χ3n) is 2.76. The van der Waals surface area contributed by atoms with Gasteiger partial charge in [-0.15, -0.1) is 0 Å². The Hall–Kier alpha value is -0.870. The molecule has 2 rings (SSSR count). The first-order valence-electron chi connectivity index (χ1n) is 5.81. The van der Waals surface area contributed by atoms with Gasteiger partial charge in [0.05, 0.1) is 17.6 Å². The van der Waals surface area contributed by atoms with Crippen LogP contribution in [0.3, 0.4) is 0 Å². The van der Waals surface area contributed by atoms with Gasteiger partial charge in [-0.3, -0.25) is 4.79 Å². The quantitative estimate of drug-likeness (QED) is 0.821. The molecule has 0 saturated heterocycles. The van der Waals surface area contributed by atoms with E-state index in [0.717, 1.165) is 16.8 Å². The molecule has 1 aromatic rings. The lowest BCUT2D eigenvalue weighted by atomic mass is 10.1. The Morgan fingerprint density at radius 3 is 2.94 bits per heavy atom. The van der Waals surface area contributed by atoms with Crippen LogP contribution < -0.4 is 10.1 Å². The number of likely N-dealkylation sites (N-methyl/N-ethyl adjacent to an activating group) is 1. The van der Waals surface area contributed by atoms with Gasteiger partial charge in [0.1, 0.15) is 5.75 Å². The van der Waals surface area contributed by atoms with Crippen molar-refractivity contribution in [3.8, 4) is 5.75 Å². The zero-order chi connectivity index (χ0) is 12.3. The Bertz CT molecular complexity index is 416. The van der Waals surface area contributed by atoms with Crippen LogP contribution in [0, 0.1) is 5.92 Å². The third kappa shape index (κ3) is 3.54. The van der Waals surface area contributed by atoms with Crippen LogP contribution in [-0.4, -0.2) is 26.0 Å². The van der Waals surface area contributed by atoms with Gasteiger partial charge in [0.25, 0.3) is 0 Å². The molecule has 1 fully saturated rings. The first-order valence-corrected chi connectivity index (χ1v) is 6.60. The van der Waals surface area contributed by atoms with E-state index in [1.165, 1.54) is 12.8 Å². The summed E-state index contributed by atoms with van der Waals surface area (Å²) in [7, 11) is 1.77. The number of ketones is 1. The Morgan fingerprint density at radius 2 is 2.29 bits per heavy atom. The van der Waals surface area contributed by atoms with Gasteiger partial charge in [0.2, 0.25) is 0 Å². The van der Waals surface area contributed by atoms with E-state index in [2.05, 4.69) is 21.2 Å². The van der Waals surface area contributed by atoms with Crippen molar-refractivity contribution in [2.75, 3.05) is 20.2 Å². The number of halogens is 1. The molecule has 0 heterocycles. The summed E-state index contributed by atoms with van der Waals surface area (Å²) in [6, 6.07) is 5.49. The van der Waals surface area contributed by atoms with Crippen LogP contribution >= 0.6 is 15.9 Å². The van der Waals surface area contributed by atoms with Crippen LogP contribution in [0.25, 0.3) is 0 Å². The van der Waals surface area contributed by atoms with E-state index in [0.29, 0.717) is 18.0 Å². The normalized spacial score (nSPS) is 14.7. The van der Waals surface area contributed by atoms with Crippen LogP contribution in [-0.2, 0) is 0 Å². The van der Waals surface area contributed by atoms with Crippen molar-refractivity contribution in [2.45, 2.75) is 12.8 Å². The molecule has 0 amide bonds. The van der Waals surface area contributed by atoms with Gasteiger partial charge < -0.3 is 10.1 Å². The number of ether oxygens (including phenoxy) is 1. The third-order valence-corrected chi connectivity index (χ3v) is 3.42. The summed E-state index contributed by atoms with van der Waals surface area (Å²) in [5.74, 6) is 1.55. The Balaban J connectivity index is 2.07. The molecule has 0 atom stereocenters. The SMILES string of the molecule is CNCC(=O)c1ccc(Br)c(OCC2CC2)c1. The first kappa shape index (κ1) is 12.6. The molecule has 17 heavy (non-hydrogen) atoms. The highest BCUT2D eigenvalue weighted by molar-refractivity contribution is 9.10. The van der Waals surface area contributed by atoms with Crippen molar-refractivity contribution < 1.29 is 9.53 Å². The summed E-state index contributed by atoms with van der Waals surface area (Å²) in [4.78, 5) is 11.7. The predicted octanol–water partition coefficient (Wildman–Crippen LogP) is 2.64. The Morgan fingerprint density at radius 1 is 1.53 bits per heavy atom. The second-order valence-electron chi connectivity index (χ2n) is 4.35. The summed E-state index contributed by atoms with van der Waals surface area (Å²) in [6.07, 6.45) is 2.52. The smallest absolute Gasteiger partial charge is 0.176 e. The largest absolute Gasteiger partial charge is 0.492 e. The highest BCUT2D eigenvalue weighted by atomic mass is 79.9. The maximum atomic E-state index is 11.7. The first-order chi connectivity index (χ1) is 8.20. The molecule has 1 saturated carbocycles. The van der Waals surface area contributed by atoms with Gasteiger partial charge in [-0.1, -0.05) is 0 Å². The number of nitrogens with one attached hydrogen (secondary N) is 1. The van der Waals surface area contributed by atoms with Crippen molar-refractivity contribution in [3.05, 3.63) is 28.2 Å². The number of hydrogen-bond acceptors (Lipinski definition) is 3. The Labute approximate surface area is 110 Å². The maximum absolute atomic E-state index is 11.7. The summed E-state index contributed by atoms with van der Waals surface area (Å²) < 4.78 is 6.61. The van der Waals surface area contributed by atoms with Gasteiger partial charge in [0, 0.05) is 5.56 Å². The molecule has 0 spiro atoms. The van der Waals surface area contributed by atoms with Gasteiger partial charge in [0.15, 0.2) is 5.78 Å². The summed E-state index contributed by atoms with van der Waals surface area (Å²) >= 11 is 3.44. The van der Waals surface area contributed by atoms with E-state index < -0.39 is 0 Å². The van der Waals surface area contributed by atoms with Crippen LogP contribution in [0.4, 0.5) is 0 Å². The number of hydrogen-bond donors (Lipinski definition) is 1. The lowest BCUT2D eigenvalue weighted by molar-refractivity contribution is 0.0993. The lowest BCUT2D eigenvalue weighted by Gasteiger charge is -2.09. The van der Waals surface area contributed by atoms with E-state index in [1.807, 2.05) is 18.2 Å². The van der Waals surface area contributed by atoms with Gasteiger partial charge in [-0.25, -0.2) is 0 Å². The second kappa shape index (κ2) is 5.65. The standard InChI is InChI=1S/C13H16BrNO2/c1-15-7-12(16)10-4-5-11(14)13(6-10)17-8-9-2-3-9/h4-6,9,15H,2-3,7-8H2,1H3. The zero-order valence-corrected chi connectivity index (χ0v) is 11.4. The van der Waals surface area contributed by atoms with E-state index >= 15 is 0 Å². The minimum Gasteiger partial charge on any atom is -0.492 e. The highest BCUT2D eigenvalue weighted by Gasteiger charge is 2.22. The van der Waals surface area contributed by atoms with Gasteiger partial charge in [-0.2, -0.15) is 0 Å². The molecule has 0 bridgehead atoms. The molecule has 1 aliphatic rings. The summed E-state index contributed by atoms with van der Waals surface area (Å²) in [5.41, 5.74) is 0.688. The van der Waals surface area contributed by atoms with Crippen LogP contribution in [0.5, 0.6) is 5.75 Å². The number of benzene rings is 1. The molecule has 1 aliphatic carbocycles. The lowest BCUT2D eigenvalue weighted by Crippen LogP contribution is -2.18. The van der Waals surface area contributed by atoms with Crippen molar-refractivity contribution in [1.82, 2.24) is 5.32 Å². The van der Waals surface area contributed by atoms with Gasteiger partial charge >= 0.3 is 0 Å². The van der Waals surface area contributed by atoms with Crippen LogP contribution in [0.15, 0.2) is 22.7 Å². The van der Waals surface area contributed by atoms with E-state index in [-0.39, 0.29) is 5.78 Å². The molecular weight excluding hydrogens is 282 g/mol. The van der Waals surface area contributed by atoms with E-state index in [4.69, 9.17) is 4.74 Å². The van der Waals surface area contributed by atoms with Crippen molar-refractivity contribution >= 4 is 21.7 Å². The molecule has 0 aromatic heterocycles. The minimum atomic E-state index is 0.0799. The molecule has 0 unspecified atom stereocenters. The molecule has 1 aromatic carbocycles. The average molecular weight is 298 g/mol. The van der Waals surface area contributed by atoms with Crippen molar-refractivity contribution in [1.29, 1.82) is 0 Å². The van der Waals surface area contributed by atoms with E-state index in [1.54, 1.807) is 7.05 Å². The molecule has 1 N–H and O–H groups in total. The number of Topliss-reactive ketones (excluding diaryl/α,β-unsaturated/α-hetero) is 1. The predicted molar refractivity (Wildman–Crippen MR) is 70.6 cm³/mol. The minimum absolute atomic E-state index is 0.0799. The fourth-order valence-corrected chi connectivity index (χ4v) is 1.90. The van der Waals surface area contributed by atoms with Crippen molar-refractivity contribution in [3.63, 3.8) is 0 Å². The fraction of sp³-hybridized carbons (Fsp3) is 0.462. The molecule has 3 nitrogen and oxygen atoms in total. The maximum Gasteiger partial charge on any atom is 0.176 e. The van der Waals surface area contributed by atoms with E-state index in [9.17, 15) is 4.79 Å². The molecular formula is C13H16BrNO2. The van der Waals surface area contributed by atoms with Crippen LogP contribution in [0.1, 0.15) is 23.2 Å². The highest BCUT2D eigenvalue weighted by Crippen LogP contribution is 2.32. The topological polar surface area (TPSA) is 38.3 Å². The summed E-state index contributed by atoms with van der Waals surface area (Å²) in [6.45, 7) is 1.10. The van der Waals surface area contributed by atoms with Crippen LogP contribution in [0.2, 0.25) is 0 Å². The molecule has 92 valence electrons. The summed E-state index contributed by atoms with van der Waals surface area (Å²) in [5, 5.41) is 2.86. The number of rotatable bonds is 6. The second-order valence-corrected chi connectivity index (χ2v) is 5.21. The van der Waals surface area contributed by atoms with Gasteiger partial charge in [-0.05, 0) is 59.9 Å². The molecule has 4 heteroatoms. The number of carbonyl (C=O) groups excluding carboxylic acids is 1. The average Bonchev–Trinajstić information content (AvgIpc) is 3.12. The monoisotopic (exact) mass is 297 g/mol. The Kier molecular flexibility index (Phi) is 4.18. The number of carbonyl (C=O) groups is 1. The zero-order valence-electron chi connectivity index (χ0n) is 9.83. The van der Waals surface area contributed by atoms with Crippen molar-refractivity contribution in [2.24, 2.45) is 5.92 Å². The fourth-order valence-electron chi connectivity index (χ4n) is 1.54. The molecule has 0 radical (unpaired) electrons. The molecule has 0 aliphatic heterocycles.